The first kappa shape index (κ1) is 19.2. The number of benzene rings is 2. The first-order chi connectivity index (χ1) is 13.7. The molecule has 0 aromatic heterocycles. The average molecular weight is 395 g/mol. The molecule has 1 saturated heterocycles. The van der Waals surface area contributed by atoms with Gasteiger partial charge in [-0.3, -0.25) is 4.79 Å². The summed E-state index contributed by atoms with van der Waals surface area (Å²) in [4.78, 5) is 18.2. The number of carbonyl (C=O) groups is 1. The molecule has 0 aliphatic carbocycles. The van der Waals surface area contributed by atoms with Gasteiger partial charge in [0, 0.05) is 18.1 Å². The molecule has 2 aliphatic heterocycles. The van der Waals surface area contributed by atoms with Crippen molar-refractivity contribution >= 4 is 17.5 Å². The number of hydrogen-bond acceptors (Lipinski definition) is 2. The lowest BCUT2D eigenvalue weighted by atomic mass is 9.93. The van der Waals surface area contributed by atoms with Crippen molar-refractivity contribution in [3.8, 4) is 0 Å². The summed E-state index contributed by atoms with van der Waals surface area (Å²) in [5.74, 6) is 0.0163. The molecule has 2 heterocycles. The van der Waals surface area contributed by atoms with Crippen molar-refractivity contribution in [2.75, 3.05) is 26.2 Å². The Morgan fingerprint density at radius 2 is 1.79 bits per heavy atom. The molecular weight excluding hydrogens is 368 g/mol. The number of nitrogens with zero attached hydrogens (tertiary/aromatic N) is 2. The van der Waals surface area contributed by atoms with Gasteiger partial charge in [0.1, 0.15) is 0 Å². The Morgan fingerprint density at radius 1 is 1.00 bits per heavy atom. The van der Waals surface area contributed by atoms with Crippen LogP contribution in [0.5, 0.6) is 0 Å². The number of halogens is 1. The van der Waals surface area contributed by atoms with Crippen LogP contribution in [0.2, 0.25) is 5.02 Å². The minimum Gasteiger partial charge on any atom is -0.330 e. The van der Waals surface area contributed by atoms with Crippen LogP contribution in [0.3, 0.4) is 0 Å². The molecule has 0 N–H and O–H groups in total. The predicted molar refractivity (Wildman–Crippen MR) is 115 cm³/mol. The van der Waals surface area contributed by atoms with Crippen LogP contribution in [-0.2, 0) is 4.79 Å². The molecule has 4 heteroatoms. The molecule has 28 heavy (non-hydrogen) atoms. The van der Waals surface area contributed by atoms with Crippen LogP contribution >= 0.6 is 11.6 Å². The summed E-state index contributed by atoms with van der Waals surface area (Å²) in [7, 11) is 0. The van der Waals surface area contributed by atoms with Crippen LogP contribution in [-0.4, -0.2) is 41.9 Å². The van der Waals surface area contributed by atoms with E-state index in [-0.39, 0.29) is 17.9 Å². The average Bonchev–Trinajstić information content (AvgIpc) is 3.16. The van der Waals surface area contributed by atoms with E-state index in [0.29, 0.717) is 11.6 Å². The summed E-state index contributed by atoms with van der Waals surface area (Å²) in [5.41, 5.74) is 2.21. The molecule has 2 aromatic carbocycles. The zero-order chi connectivity index (χ0) is 19.3. The number of rotatable bonds is 5. The van der Waals surface area contributed by atoms with Gasteiger partial charge in [0.2, 0.25) is 5.91 Å². The molecule has 2 aromatic rings. The Bertz CT molecular complexity index is 830. The normalized spacial score (nSPS) is 21.7. The van der Waals surface area contributed by atoms with E-state index >= 15 is 0 Å². The van der Waals surface area contributed by atoms with Crippen LogP contribution < -0.4 is 0 Å². The molecule has 1 fully saturated rings. The highest BCUT2D eigenvalue weighted by Crippen LogP contribution is 2.32. The Morgan fingerprint density at radius 3 is 2.54 bits per heavy atom. The van der Waals surface area contributed by atoms with Crippen LogP contribution in [0.25, 0.3) is 0 Å². The summed E-state index contributed by atoms with van der Waals surface area (Å²) in [6.07, 6.45) is 7.51. The monoisotopic (exact) mass is 394 g/mol. The summed E-state index contributed by atoms with van der Waals surface area (Å²) < 4.78 is 0. The molecule has 0 spiro atoms. The highest BCUT2D eigenvalue weighted by molar-refractivity contribution is 6.30. The minimum absolute atomic E-state index is 0.0660. The van der Waals surface area contributed by atoms with E-state index in [0.717, 1.165) is 31.6 Å². The maximum Gasteiger partial charge on any atom is 0.231 e. The van der Waals surface area contributed by atoms with Gasteiger partial charge in [-0.2, -0.15) is 0 Å². The number of amides is 1. The van der Waals surface area contributed by atoms with Gasteiger partial charge < -0.3 is 9.80 Å². The zero-order valence-electron chi connectivity index (χ0n) is 16.1. The molecule has 0 bridgehead atoms. The van der Waals surface area contributed by atoms with Crippen molar-refractivity contribution in [1.82, 2.24) is 9.80 Å². The van der Waals surface area contributed by atoms with Crippen LogP contribution in [0.15, 0.2) is 66.7 Å². The Hall–Kier alpha value is -2.10. The lowest BCUT2D eigenvalue weighted by Crippen LogP contribution is -2.42. The number of carbonyl (C=O) groups excluding carboxylic acids is 1. The molecule has 4 rings (SSSR count). The van der Waals surface area contributed by atoms with Gasteiger partial charge >= 0.3 is 0 Å². The summed E-state index contributed by atoms with van der Waals surface area (Å²) in [5, 5.41) is 0.682. The van der Waals surface area contributed by atoms with Crippen molar-refractivity contribution in [1.29, 1.82) is 0 Å². The van der Waals surface area contributed by atoms with E-state index in [1.165, 1.54) is 18.4 Å². The topological polar surface area (TPSA) is 23.6 Å². The lowest BCUT2D eigenvalue weighted by molar-refractivity contribution is -0.134. The summed E-state index contributed by atoms with van der Waals surface area (Å²) in [6, 6.07) is 18.3. The molecule has 3 nitrogen and oxygen atoms in total. The standard InChI is InChI=1S/C24H27ClN2O/c25-21-12-8-11-20(17-21)22-13-4-5-16-27(24(22)28)23(18-26-14-6-7-15-26)19-9-2-1-3-10-19/h1-5,8-12,17,22-23H,6-7,13-16,18H2/t22?,23-/m1/s1. The second kappa shape index (κ2) is 8.93. The number of likely N-dealkylation sites (tertiary alicyclic amines) is 1. The van der Waals surface area contributed by atoms with Crippen molar-refractivity contribution in [2.45, 2.75) is 31.2 Å². The maximum atomic E-state index is 13.7. The fourth-order valence-corrected chi connectivity index (χ4v) is 4.56. The van der Waals surface area contributed by atoms with E-state index in [9.17, 15) is 4.79 Å². The number of allylic oxidation sites excluding steroid dienone is 1. The van der Waals surface area contributed by atoms with Crippen molar-refractivity contribution < 1.29 is 4.79 Å². The predicted octanol–water partition coefficient (Wildman–Crippen LogP) is 5.05. The minimum atomic E-state index is -0.178. The third kappa shape index (κ3) is 4.31. The maximum absolute atomic E-state index is 13.7. The lowest BCUT2D eigenvalue weighted by Gasteiger charge is -2.35. The molecule has 1 unspecified atom stereocenters. The Labute approximate surface area is 172 Å². The smallest absolute Gasteiger partial charge is 0.231 e. The molecule has 1 amide bonds. The largest absolute Gasteiger partial charge is 0.330 e. The second-order valence-corrected chi connectivity index (χ2v) is 8.18. The van der Waals surface area contributed by atoms with E-state index in [2.05, 4.69) is 46.2 Å². The van der Waals surface area contributed by atoms with Gasteiger partial charge in [-0.15, -0.1) is 0 Å². The van der Waals surface area contributed by atoms with Gasteiger partial charge in [-0.25, -0.2) is 0 Å². The molecule has 146 valence electrons. The fraction of sp³-hybridized carbons (Fsp3) is 0.375. The molecule has 0 saturated carbocycles. The molecular formula is C24H27ClN2O. The van der Waals surface area contributed by atoms with E-state index in [4.69, 9.17) is 11.6 Å². The van der Waals surface area contributed by atoms with Crippen LogP contribution in [0, 0.1) is 0 Å². The highest BCUT2D eigenvalue weighted by atomic mass is 35.5. The quantitative estimate of drug-likeness (QED) is 0.662. The molecule has 2 atom stereocenters. The third-order valence-electron chi connectivity index (χ3n) is 5.86. The molecule has 0 radical (unpaired) electrons. The van der Waals surface area contributed by atoms with E-state index in [1.807, 2.05) is 30.3 Å². The first-order valence-electron chi connectivity index (χ1n) is 10.2. The van der Waals surface area contributed by atoms with Gasteiger partial charge in [-0.1, -0.05) is 66.2 Å². The second-order valence-electron chi connectivity index (χ2n) is 7.74. The fourth-order valence-electron chi connectivity index (χ4n) is 4.36. The van der Waals surface area contributed by atoms with Crippen LogP contribution in [0.4, 0.5) is 0 Å². The zero-order valence-corrected chi connectivity index (χ0v) is 16.9. The van der Waals surface area contributed by atoms with Gasteiger partial charge in [0.25, 0.3) is 0 Å². The Kier molecular flexibility index (Phi) is 6.13. The number of hydrogen-bond donors (Lipinski definition) is 0. The Balaban J connectivity index is 1.65. The highest BCUT2D eigenvalue weighted by Gasteiger charge is 2.33. The van der Waals surface area contributed by atoms with Gasteiger partial charge in [0.05, 0.1) is 12.0 Å². The summed E-state index contributed by atoms with van der Waals surface area (Å²) in [6.45, 7) is 3.80. The van der Waals surface area contributed by atoms with Crippen molar-refractivity contribution in [3.63, 3.8) is 0 Å². The first-order valence-corrected chi connectivity index (χ1v) is 10.6. The van der Waals surface area contributed by atoms with Crippen molar-refractivity contribution in [2.24, 2.45) is 0 Å². The SMILES string of the molecule is O=C1C(c2cccc(Cl)c2)CC=CCN1[C@H](CN1CCCC1)c1ccccc1. The van der Waals surface area contributed by atoms with E-state index in [1.54, 1.807) is 0 Å². The van der Waals surface area contributed by atoms with Crippen molar-refractivity contribution in [3.05, 3.63) is 82.9 Å². The van der Waals surface area contributed by atoms with Crippen LogP contribution in [0.1, 0.15) is 42.3 Å². The molecule has 2 aliphatic rings. The van der Waals surface area contributed by atoms with Gasteiger partial charge in [-0.05, 0) is 55.6 Å². The summed E-state index contributed by atoms with van der Waals surface area (Å²) >= 11 is 6.21. The third-order valence-corrected chi connectivity index (χ3v) is 6.10. The van der Waals surface area contributed by atoms with Gasteiger partial charge in [0.15, 0.2) is 0 Å². The van der Waals surface area contributed by atoms with E-state index < -0.39 is 0 Å².